The molecule has 1 heterocycles. The number of benzene rings is 2. The first-order valence-electron chi connectivity index (χ1n) is 8.81. The van der Waals surface area contributed by atoms with Crippen LogP contribution >= 0.6 is 11.6 Å². The predicted octanol–water partition coefficient (Wildman–Crippen LogP) is 4.02. The minimum atomic E-state index is -0.132. The first kappa shape index (κ1) is 19.2. The number of nitrogens with zero attached hydrogens (tertiary/aromatic N) is 2. The summed E-state index contributed by atoms with van der Waals surface area (Å²) in [5.41, 5.74) is 2.90. The maximum absolute atomic E-state index is 12.6. The smallest absolute Gasteiger partial charge is 0.321 e. The van der Waals surface area contributed by atoms with Gasteiger partial charge in [-0.05, 0) is 42.8 Å². The Kier molecular flexibility index (Phi) is 5.96. The van der Waals surface area contributed by atoms with Gasteiger partial charge >= 0.3 is 6.03 Å². The Morgan fingerprint density at radius 3 is 2.30 bits per heavy atom. The van der Waals surface area contributed by atoms with Gasteiger partial charge in [0.2, 0.25) is 0 Å². The molecule has 1 saturated heterocycles. The molecule has 1 aliphatic rings. The van der Waals surface area contributed by atoms with Crippen molar-refractivity contribution in [1.29, 1.82) is 0 Å². The third-order valence-corrected chi connectivity index (χ3v) is 4.94. The van der Waals surface area contributed by atoms with Gasteiger partial charge in [-0.3, -0.25) is 0 Å². The second-order valence-electron chi connectivity index (χ2n) is 6.43. The highest BCUT2D eigenvalue weighted by Crippen LogP contribution is 2.30. The summed E-state index contributed by atoms with van der Waals surface area (Å²) in [6.07, 6.45) is 0. The lowest BCUT2D eigenvalue weighted by Crippen LogP contribution is -2.50. The van der Waals surface area contributed by atoms with E-state index in [1.54, 1.807) is 37.3 Å². The van der Waals surface area contributed by atoms with Crippen LogP contribution in [0.15, 0.2) is 36.4 Å². The summed E-state index contributed by atoms with van der Waals surface area (Å²) in [4.78, 5) is 16.6. The molecule has 144 valence electrons. The molecule has 27 heavy (non-hydrogen) atoms. The zero-order valence-electron chi connectivity index (χ0n) is 15.8. The van der Waals surface area contributed by atoms with Crippen molar-refractivity contribution in [2.45, 2.75) is 6.92 Å². The van der Waals surface area contributed by atoms with E-state index in [4.69, 9.17) is 21.1 Å². The first-order valence-corrected chi connectivity index (χ1v) is 9.18. The van der Waals surface area contributed by atoms with Crippen molar-refractivity contribution < 1.29 is 14.3 Å². The van der Waals surface area contributed by atoms with E-state index < -0.39 is 0 Å². The van der Waals surface area contributed by atoms with Gasteiger partial charge in [-0.2, -0.15) is 0 Å². The molecule has 0 aromatic heterocycles. The van der Waals surface area contributed by atoms with Crippen LogP contribution in [0.2, 0.25) is 5.02 Å². The van der Waals surface area contributed by atoms with Gasteiger partial charge in [0.15, 0.2) is 0 Å². The quantitative estimate of drug-likeness (QED) is 0.858. The van der Waals surface area contributed by atoms with Crippen molar-refractivity contribution >= 4 is 29.0 Å². The van der Waals surface area contributed by atoms with Gasteiger partial charge in [-0.25, -0.2) is 4.79 Å². The number of nitrogens with one attached hydrogen (secondary N) is 1. The highest BCUT2D eigenvalue weighted by atomic mass is 35.5. The molecule has 1 N–H and O–H groups in total. The van der Waals surface area contributed by atoms with E-state index in [1.165, 1.54) is 5.56 Å². The second-order valence-corrected chi connectivity index (χ2v) is 6.84. The fourth-order valence-electron chi connectivity index (χ4n) is 3.14. The lowest BCUT2D eigenvalue weighted by atomic mass is 10.1. The van der Waals surface area contributed by atoms with E-state index in [0.717, 1.165) is 24.5 Å². The van der Waals surface area contributed by atoms with E-state index in [9.17, 15) is 4.79 Å². The topological polar surface area (TPSA) is 54.0 Å². The van der Waals surface area contributed by atoms with Crippen LogP contribution < -0.4 is 19.7 Å². The zero-order valence-corrected chi connectivity index (χ0v) is 16.5. The lowest BCUT2D eigenvalue weighted by molar-refractivity contribution is 0.208. The summed E-state index contributed by atoms with van der Waals surface area (Å²) >= 11 is 6.12. The van der Waals surface area contributed by atoms with Gasteiger partial charge in [0, 0.05) is 31.9 Å². The Balaban J connectivity index is 1.61. The van der Waals surface area contributed by atoms with Crippen LogP contribution in [0.5, 0.6) is 11.5 Å². The third-order valence-electron chi connectivity index (χ3n) is 4.64. The van der Waals surface area contributed by atoms with Crippen molar-refractivity contribution in [3.8, 4) is 11.5 Å². The Morgan fingerprint density at radius 2 is 1.67 bits per heavy atom. The molecule has 0 aliphatic carbocycles. The third kappa shape index (κ3) is 4.39. The SMILES string of the molecule is COc1ccc(NC(=O)N2CCN(c3cc(C)ccc3OC)CC2)cc1Cl. The summed E-state index contributed by atoms with van der Waals surface area (Å²) < 4.78 is 10.6. The molecule has 0 atom stereocenters. The normalized spacial score (nSPS) is 14.1. The van der Waals surface area contributed by atoms with Crippen LogP contribution in [0.3, 0.4) is 0 Å². The van der Waals surface area contributed by atoms with E-state index in [2.05, 4.69) is 23.2 Å². The van der Waals surface area contributed by atoms with Gasteiger partial charge < -0.3 is 24.6 Å². The number of anilines is 2. The first-order chi connectivity index (χ1) is 13.0. The minimum Gasteiger partial charge on any atom is -0.495 e. The number of carbonyl (C=O) groups is 1. The van der Waals surface area contributed by atoms with Crippen LogP contribution in [0.25, 0.3) is 0 Å². The van der Waals surface area contributed by atoms with Crippen LogP contribution in [-0.2, 0) is 0 Å². The van der Waals surface area contributed by atoms with Crippen LogP contribution in [0.4, 0.5) is 16.2 Å². The van der Waals surface area contributed by atoms with E-state index in [0.29, 0.717) is 29.5 Å². The molecular weight excluding hydrogens is 366 g/mol. The van der Waals surface area contributed by atoms with Crippen molar-refractivity contribution in [1.82, 2.24) is 4.90 Å². The zero-order chi connectivity index (χ0) is 19.4. The van der Waals surface area contributed by atoms with Crippen molar-refractivity contribution in [3.63, 3.8) is 0 Å². The van der Waals surface area contributed by atoms with Crippen LogP contribution in [0, 0.1) is 6.92 Å². The van der Waals surface area contributed by atoms with Gasteiger partial charge in [0.05, 0.1) is 24.9 Å². The molecule has 7 heteroatoms. The predicted molar refractivity (Wildman–Crippen MR) is 109 cm³/mol. The molecule has 0 saturated carbocycles. The number of rotatable bonds is 4. The van der Waals surface area contributed by atoms with Crippen molar-refractivity contribution in [2.75, 3.05) is 50.6 Å². The summed E-state index contributed by atoms with van der Waals surface area (Å²) in [7, 11) is 3.24. The number of hydrogen-bond donors (Lipinski definition) is 1. The number of carbonyl (C=O) groups excluding carboxylic acids is 1. The molecule has 0 bridgehead atoms. The van der Waals surface area contributed by atoms with E-state index >= 15 is 0 Å². The molecule has 0 spiro atoms. The Hall–Kier alpha value is -2.60. The molecule has 1 aliphatic heterocycles. The Morgan fingerprint density at radius 1 is 1.00 bits per heavy atom. The maximum Gasteiger partial charge on any atom is 0.321 e. The number of aryl methyl sites for hydroxylation is 1. The second kappa shape index (κ2) is 8.39. The fraction of sp³-hybridized carbons (Fsp3) is 0.350. The molecule has 2 amide bonds. The fourth-order valence-corrected chi connectivity index (χ4v) is 3.40. The Bertz CT molecular complexity index is 820. The maximum atomic E-state index is 12.6. The summed E-state index contributed by atoms with van der Waals surface area (Å²) in [6, 6.07) is 11.2. The molecule has 1 fully saturated rings. The number of amides is 2. The molecule has 2 aromatic rings. The van der Waals surface area contributed by atoms with Gasteiger partial charge in [0.1, 0.15) is 11.5 Å². The van der Waals surface area contributed by atoms with E-state index in [1.807, 2.05) is 12.1 Å². The standard InChI is InChI=1S/C20H24ClN3O3/c1-14-4-6-19(27-3)17(12-14)23-8-10-24(11-9-23)20(25)22-15-5-7-18(26-2)16(21)13-15/h4-7,12-13H,8-11H2,1-3H3,(H,22,25). The van der Waals surface area contributed by atoms with Gasteiger partial charge in [-0.1, -0.05) is 17.7 Å². The van der Waals surface area contributed by atoms with Gasteiger partial charge in [0.25, 0.3) is 0 Å². The number of halogens is 1. The van der Waals surface area contributed by atoms with E-state index in [-0.39, 0.29) is 6.03 Å². The molecular formula is C20H24ClN3O3. The Labute approximate surface area is 164 Å². The number of ether oxygens (including phenoxy) is 2. The average Bonchev–Trinajstić information content (AvgIpc) is 2.68. The largest absolute Gasteiger partial charge is 0.495 e. The number of piperazine rings is 1. The van der Waals surface area contributed by atoms with Crippen LogP contribution in [-0.4, -0.2) is 51.3 Å². The average molecular weight is 390 g/mol. The number of urea groups is 1. The minimum absolute atomic E-state index is 0.132. The van der Waals surface area contributed by atoms with Crippen molar-refractivity contribution in [3.05, 3.63) is 47.0 Å². The summed E-state index contributed by atoms with van der Waals surface area (Å²) in [5.74, 6) is 1.43. The summed E-state index contributed by atoms with van der Waals surface area (Å²) in [5, 5.41) is 3.36. The highest BCUT2D eigenvalue weighted by molar-refractivity contribution is 6.32. The number of methoxy groups -OCH3 is 2. The molecule has 0 radical (unpaired) electrons. The number of hydrogen-bond acceptors (Lipinski definition) is 4. The van der Waals surface area contributed by atoms with Gasteiger partial charge in [-0.15, -0.1) is 0 Å². The molecule has 2 aromatic carbocycles. The highest BCUT2D eigenvalue weighted by Gasteiger charge is 2.23. The molecule has 3 rings (SSSR count). The monoisotopic (exact) mass is 389 g/mol. The molecule has 0 unspecified atom stereocenters. The summed E-state index contributed by atoms with van der Waals surface area (Å²) in [6.45, 7) is 4.82. The van der Waals surface area contributed by atoms with Crippen LogP contribution in [0.1, 0.15) is 5.56 Å². The van der Waals surface area contributed by atoms with Crippen molar-refractivity contribution in [2.24, 2.45) is 0 Å². The lowest BCUT2D eigenvalue weighted by Gasteiger charge is -2.36. The molecule has 6 nitrogen and oxygen atoms in total.